The van der Waals surface area contributed by atoms with E-state index in [2.05, 4.69) is 0 Å². The first-order chi connectivity index (χ1) is 5.69. The summed E-state index contributed by atoms with van der Waals surface area (Å²) in [6, 6.07) is 0. The van der Waals surface area contributed by atoms with E-state index in [0.717, 1.165) is 0 Å². The summed E-state index contributed by atoms with van der Waals surface area (Å²) in [7, 11) is 0. The van der Waals surface area contributed by atoms with Crippen molar-refractivity contribution < 1.29 is 15.0 Å². The number of β-amino-alcohol motifs (C(OH)–C–C–N with tert-alkyl or cyclic N) is 1. The Balaban J connectivity index is 2.48. The van der Waals surface area contributed by atoms with E-state index >= 15 is 0 Å². The predicted molar refractivity (Wildman–Crippen MR) is 43.5 cm³/mol. The standard InChI is InChI=1S/C8H15NO3/c1-2-8(12)9-3-6(5-10)7(11)4-9/h6-7,10-11H,2-5H2,1H3. The first-order valence-electron chi connectivity index (χ1n) is 4.25. The highest BCUT2D eigenvalue weighted by atomic mass is 16.3. The van der Waals surface area contributed by atoms with Crippen LogP contribution in [0.4, 0.5) is 0 Å². The van der Waals surface area contributed by atoms with Crippen molar-refractivity contribution in [2.45, 2.75) is 19.4 Å². The average Bonchev–Trinajstić information content (AvgIpc) is 2.45. The van der Waals surface area contributed by atoms with Gasteiger partial charge >= 0.3 is 0 Å². The van der Waals surface area contributed by atoms with Crippen molar-refractivity contribution in [3.63, 3.8) is 0 Å². The number of aliphatic hydroxyl groups excluding tert-OH is 2. The fraction of sp³-hybridized carbons (Fsp3) is 0.875. The lowest BCUT2D eigenvalue weighted by molar-refractivity contribution is -0.130. The molecule has 0 radical (unpaired) electrons. The molecule has 2 atom stereocenters. The number of carbonyl (C=O) groups excluding carboxylic acids is 1. The van der Waals surface area contributed by atoms with Gasteiger partial charge in [-0.15, -0.1) is 0 Å². The maximum atomic E-state index is 11.2. The monoisotopic (exact) mass is 173 g/mol. The van der Waals surface area contributed by atoms with Crippen LogP contribution in [0.2, 0.25) is 0 Å². The molecule has 2 unspecified atom stereocenters. The van der Waals surface area contributed by atoms with Crippen LogP contribution in [0, 0.1) is 5.92 Å². The Labute approximate surface area is 71.8 Å². The molecule has 0 saturated carbocycles. The maximum Gasteiger partial charge on any atom is 0.222 e. The molecule has 1 saturated heterocycles. The Kier molecular flexibility index (Phi) is 3.05. The molecule has 12 heavy (non-hydrogen) atoms. The molecule has 1 fully saturated rings. The summed E-state index contributed by atoms with van der Waals surface area (Å²) >= 11 is 0. The summed E-state index contributed by atoms with van der Waals surface area (Å²) in [4.78, 5) is 12.8. The molecule has 4 nitrogen and oxygen atoms in total. The second-order valence-electron chi connectivity index (χ2n) is 3.16. The summed E-state index contributed by atoms with van der Waals surface area (Å²) in [5.41, 5.74) is 0. The van der Waals surface area contributed by atoms with Gasteiger partial charge in [0.2, 0.25) is 5.91 Å². The van der Waals surface area contributed by atoms with Crippen molar-refractivity contribution in [3.8, 4) is 0 Å². The fourth-order valence-electron chi connectivity index (χ4n) is 1.46. The van der Waals surface area contributed by atoms with Crippen molar-refractivity contribution in [3.05, 3.63) is 0 Å². The van der Waals surface area contributed by atoms with Crippen molar-refractivity contribution >= 4 is 5.91 Å². The van der Waals surface area contributed by atoms with E-state index in [0.29, 0.717) is 19.5 Å². The molecule has 1 heterocycles. The minimum absolute atomic E-state index is 0.0463. The van der Waals surface area contributed by atoms with Gasteiger partial charge in [-0.3, -0.25) is 4.79 Å². The average molecular weight is 173 g/mol. The SMILES string of the molecule is CCC(=O)N1CC(O)C(CO)C1. The lowest BCUT2D eigenvalue weighted by atomic mass is 10.1. The minimum Gasteiger partial charge on any atom is -0.396 e. The Morgan fingerprint density at radius 1 is 1.58 bits per heavy atom. The summed E-state index contributed by atoms with van der Waals surface area (Å²) in [6.45, 7) is 2.61. The van der Waals surface area contributed by atoms with Gasteiger partial charge in [-0.25, -0.2) is 0 Å². The van der Waals surface area contributed by atoms with Gasteiger partial charge in [-0.1, -0.05) is 6.92 Å². The summed E-state index contributed by atoms with van der Waals surface area (Å²) < 4.78 is 0. The van der Waals surface area contributed by atoms with Crippen molar-refractivity contribution in [1.82, 2.24) is 4.90 Å². The molecule has 1 aliphatic heterocycles. The van der Waals surface area contributed by atoms with E-state index in [1.807, 2.05) is 0 Å². The third-order valence-electron chi connectivity index (χ3n) is 2.30. The smallest absolute Gasteiger partial charge is 0.222 e. The predicted octanol–water partition coefficient (Wildman–Crippen LogP) is -0.792. The third kappa shape index (κ3) is 1.76. The van der Waals surface area contributed by atoms with Gasteiger partial charge in [0.05, 0.1) is 12.7 Å². The Morgan fingerprint density at radius 3 is 2.67 bits per heavy atom. The zero-order chi connectivity index (χ0) is 9.14. The Hall–Kier alpha value is -0.610. The zero-order valence-corrected chi connectivity index (χ0v) is 7.23. The maximum absolute atomic E-state index is 11.2. The van der Waals surface area contributed by atoms with Crippen LogP contribution in [0.1, 0.15) is 13.3 Å². The number of carbonyl (C=O) groups is 1. The van der Waals surface area contributed by atoms with Gasteiger partial charge in [-0.2, -0.15) is 0 Å². The van der Waals surface area contributed by atoms with Crippen molar-refractivity contribution in [2.24, 2.45) is 5.92 Å². The number of likely N-dealkylation sites (tertiary alicyclic amines) is 1. The van der Waals surface area contributed by atoms with Gasteiger partial charge in [-0.05, 0) is 0 Å². The van der Waals surface area contributed by atoms with Crippen LogP contribution in [-0.4, -0.2) is 46.8 Å². The molecule has 70 valence electrons. The Morgan fingerprint density at radius 2 is 2.25 bits per heavy atom. The molecule has 0 spiro atoms. The molecular formula is C8H15NO3. The topological polar surface area (TPSA) is 60.8 Å². The molecule has 4 heteroatoms. The number of amides is 1. The molecule has 1 amide bonds. The lowest BCUT2D eigenvalue weighted by Crippen LogP contribution is -2.28. The summed E-state index contributed by atoms with van der Waals surface area (Å²) in [5.74, 6) is -0.106. The first kappa shape index (κ1) is 9.48. The van der Waals surface area contributed by atoms with E-state index in [4.69, 9.17) is 5.11 Å². The molecule has 0 aromatic carbocycles. The van der Waals surface area contributed by atoms with Gasteiger partial charge in [0.25, 0.3) is 0 Å². The molecule has 1 rings (SSSR count). The highest BCUT2D eigenvalue weighted by Crippen LogP contribution is 2.16. The first-order valence-corrected chi connectivity index (χ1v) is 4.25. The molecular weight excluding hydrogens is 158 g/mol. The Bertz CT molecular complexity index is 172. The molecule has 0 aromatic heterocycles. The highest BCUT2D eigenvalue weighted by molar-refractivity contribution is 5.76. The number of hydrogen-bond acceptors (Lipinski definition) is 3. The van der Waals surface area contributed by atoms with E-state index < -0.39 is 6.10 Å². The van der Waals surface area contributed by atoms with Crippen LogP contribution in [0.3, 0.4) is 0 Å². The van der Waals surface area contributed by atoms with Crippen LogP contribution >= 0.6 is 0 Å². The normalized spacial score (nSPS) is 29.4. The molecule has 0 bridgehead atoms. The summed E-state index contributed by atoms with van der Waals surface area (Å²) in [6.07, 6.45) is -0.0873. The van der Waals surface area contributed by atoms with E-state index in [1.165, 1.54) is 0 Å². The second-order valence-corrected chi connectivity index (χ2v) is 3.16. The van der Waals surface area contributed by atoms with Gasteiger partial charge in [0, 0.05) is 25.4 Å². The molecule has 1 aliphatic rings. The van der Waals surface area contributed by atoms with E-state index in [1.54, 1.807) is 11.8 Å². The summed E-state index contributed by atoms with van der Waals surface area (Å²) in [5, 5.41) is 18.2. The van der Waals surface area contributed by atoms with Crippen LogP contribution in [0.15, 0.2) is 0 Å². The van der Waals surface area contributed by atoms with E-state index in [9.17, 15) is 9.90 Å². The van der Waals surface area contributed by atoms with Crippen LogP contribution < -0.4 is 0 Å². The second kappa shape index (κ2) is 3.87. The minimum atomic E-state index is -0.550. The zero-order valence-electron chi connectivity index (χ0n) is 7.23. The van der Waals surface area contributed by atoms with Crippen LogP contribution in [-0.2, 0) is 4.79 Å². The largest absolute Gasteiger partial charge is 0.396 e. The van der Waals surface area contributed by atoms with Crippen LogP contribution in [0.25, 0.3) is 0 Å². The molecule has 0 aromatic rings. The number of rotatable bonds is 2. The quantitative estimate of drug-likeness (QED) is 0.575. The van der Waals surface area contributed by atoms with Crippen molar-refractivity contribution in [1.29, 1.82) is 0 Å². The van der Waals surface area contributed by atoms with Crippen LogP contribution in [0.5, 0.6) is 0 Å². The van der Waals surface area contributed by atoms with Crippen molar-refractivity contribution in [2.75, 3.05) is 19.7 Å². The lowest BCUT2D eigenvalue weighted by Gasteiger charge is -2.13. The fourth-order valence-corrected chi connectivity index (χ4v) is 1.46. The number of aliphatic hydroxyl groups is 2. The molecule has 0 aliphatic carbocycles. The van der Waals surface area contributed by atoms with E-state index in [-0.39, 0.29) is 18.4 Å². The molecule has 2 N–H and O–H groups in total. The van der Waals surface area contributed by atoms with Gasteiger partial charge < -0.3 is 15.1 Å². The van der Waals surface area contributed by atoms with Gasteiger partial charge in [0.15, 0.2) is 0 Å². The highest BCUT2D eigenvalue weighted by Gasteiger charge is 2.32. The number of hydrogen-bond donors (Lipinski definition) is 2. The van der Waals surface area contributed by atoms with Gasteiger partial charge in [0.1, 0.15) is 0 Å². The third-order valence-corrected chi connectivity index (χ3v) is 2.30. The number of nitrogens with zero attached hydrogens (tertiary/aromatic N) is 1.